The lowest BCUT2D eigenvalue weighted by molar-refractivity contribution is -0.137. The van der Waals surface area contributed by atoms with E-state index in [0.29, 0.717) is 27.5 Å². The van der Waals surface area contributed by atoms with Gasteiger partial charge in [-0.25, -0.2) is 9.37 Å². The molecule has 2 aromatic carbocycles. The molecule has 1 aliphatic heterocycles. The van der Waals surface area contributed by atoms with Crippen molar-refractivity contribution in [2.24, 2.45) is 14.1 Å². The van der Waals surface area contributed by atoms with Crippen molar-refractivity contribution >= 4 is 39.2 Å². The van der Waals surface area contributed by atoms with Crippen molar-refractivity contribution in [2.75, 3.05) is 17.2 Å². The van der Waals surface area contributed by atoms with Gasteiger partial charge in [-0.15, -0.1) is 0 Å². The van der Waals surface area contributed by atoms with Gasteiger partial charge in [0.25, 0.3) is 5.91 Å². The number of nitrogens with two attached hydrogens (primary N) is 1. The Kier molecular flexibility index (Phi) is 5.09. The standard InChI is InChI=1S/C25H19F4N7O2/c1-34-10-13(8-31-34)36(20-11-38-21-5-12(25(27,28)29)3-4-14(20)21)24(37)15-6-16-19(7-18(15)26)33-23(30)17-9-32-35(2)22(16)17/h3-10,20H,11H2,1-2H3,(H2,30,33)/t20-/m0/s1. The Bertz CT molecular complexity index is 1760. The average Bonchev–Trinajstić information content (AvgIpc) is 3.58. The van der Waals surface area contributed by atoms with Crippen LogP contribution in [0, 0.1) is 5.82 Å². The molecular formula is C25H19F4N7O2. The Labute approximate surface area is 212 Å². The number of ether oxygens (including phenoxy) is 1. The van der Waals surface area contributed by atoms with Crippen LogP contribution in [-0.2, 0) is 20.3 Å². The highest BCUT2D eigenvalue weighted by Crippen LogP contribution is 2.42. The highest BCUT2D eigenvalue weighted by molar-refractivity contribution is 6.13. The third-order valence-electron chi connectivity index (χ3n) is 6.62. The molecule has 6 rings (SSSR count). The van der Waals surface area contributed by atoms with Crippen LogP contribution in [0.2, 0.25) is 0 Å². The maximum Gasteiger partial charge on any atom is 0.416 e. The van der Waals surface area contributed by atoms with Gasteiger partial charge < -0.3 is 10.5 Å². The maximum atomic E-state index is 15.4. The highest BCUT2D eigenvalue weighted by Gasteiger charge is 2.38. The zero-order valence-corrected chi connectivity index (χ0v) is 20.0. The number of fused-ring (bicyclic) bond motifs is 4. The quantitative estimate of drug-likeness (QED) is 0.351. The van der Waals surface area contributed by atoms with Crippen molar-refractivity contribution in [2.45, 2.75) is 12.2 Å². The number of benzene rings is 2. The van der Waals surface area contributed by atoms with Gasteiger partial charge in [0.2, 0.25) is 0 Å². The molecule has 38 heavy (non-hydrogen) atoms. The van der Waals surface area contributed by atoms with Gasteiger partial charge in [-0.05, 0) is 18.2 Å². The highest BCUT2D eigenvalue weighted by atomic mass is 19.4. The summed E-state index contributed by atoms with van der Waals surface area (Å²) in [5, 5.41) is 9.33. The minimum absolute atomic E-state index is 0.00164. The molecule has 0 unspecified atom stereocenters. The van der Waals surface area contributed by atoms with Crippen molar-refractivity contribution in [1.82, 2.24) is 24.5 Å². The number of hydrogen-bond acceptors (Lipinski definition) is 6. The lowest BCUT2D eigenvalue weighted by Gasteiger charge is -2.27. The Balaban J connectivity index is 1.50. The van der Waals surface area contributed by atoms with Crippen molar-refractivity contribution in [1.29, 1.82) is 0 Å². The number of halogens is 4. The van der Waals surface area contributed by atoms with E-state index in [9.17, 15) is 18.0 Å². The molecule has 0 bridgehead atoms. The second kappa shape index (κ2) is 8.16. The minimum atomic E-state index is -4.56. The fourth-order valence-electron chi connectivity index (χ4n) is 4.83. The van der Waals surface area contributed by atoms with Gasteiger partial charge in [0.05, 0.1) is 51.7 Å². The number of aromatic nitrogens is 5. The number of pyridine rings is 1. The van der Waals surface area contributed by atoms with E-state index in [4.69, 9.17) is 10.5 Å². The SMILES string of the molecule is Cn1cc(N(C(=O)c2cc3c(cc2F)nc(N)c2cnn(C)c23)[C@H]2COc3cc(C(F)(F)F)ccc32)cn1. The lowest BCUT2D eigenvalue weighted by Crippen LogP contribution is -2.36. The molecule has 5 aromatic rings. The van der Waals surface area contributed by atoms with E-state index in [-0.39, 0.29) is 29.3 Å². The molecule has 13 heteroatoms. The summed E-state index contributed by atoms with van der Waals surface area (Å²) in [6.07, 6.45) is -0.0506. The Morgan fingerprint density at radius 1 is 1.13 bits per heavy atom. The number of rotatable bonds is 3. The third kappa shape index (κ3) is 3.61. The molecule has 1 atom stereocenters. The van der Waals surface area contributed by atoms with Crippen LogP contribution in [0.25, 0.3) is 21.8 Å². The maximum absolute atomic E-state index is 15.4. The Morgan fingerprint density at radius 3 is 2.63 bits per heavy atom. The number of amides is 1. The number of anilines is 2. The molecule has 0 radical (unpaired) electrons. The Hall–Kier alpha value is -4.68. The number of carbonyl (C=O) groups excluding carboxylic acids is 1. The van der Waals surface area contributed by atoms with Gasteiger partial charge in [0.1, 0.15) is 24.0 Å². The normalized spacial score (nSPS) is 15.2. The van der Waals surface area contributed by atoms with Gasteiger partial charge in [0, 0.05) is 37.3 Å². The van der Waals surface area contributed by atoms with E-state index >= 15 is 4.39 Å². The van der Waals surface area contributed by atoms with Crippen LogP contribution >= 0.6 is 0 Å². The van der Waals surface area contributed by atoms with Gasteiger partial charge in [0.15, 0.2) is 0 Å². The number of nitrogen functional groups attached to an aromatic ring is 1. The van der Waals surface area contributed by atoms with Crippen LogP contribution in [0.5, 0.6) is 5.75 Å². The molecule has 0 saturated carbocycles. The molecule has 1 aliphatic rings. The molecule has 9 nitrogen and oxygen atoms in total. The topological polar surface area (TPSA) is 104 Å². The van der Waals surface area contributed by atoms with Crippen molar-refractivity contribution in [3.05, 3.63) is 71.4 Å². The van der Waals surface area contributed by atoms with Gasteiger partial charge >= 0.3 is 6.18 Å². The molecule has 2 N–H and O–H groups in total. The van der Waals surface area contributed by atoms with Crippen LogP contribution in [0.1, 0.15) is 27.5 Å². The van der Waals surface area contributed by atoms with E-state index in [1.54, 1.807) is 25.0 Å². The summed E-state index contributed by atoms with van der Waals surface area (Å²) in [4.78, 5) is 19.5. The predicted octanol–water partition coefficient (Wildman–Crippen LogP) is 4.38. The molecule has 1 amide bonds. The molecule has 0 spiro atoms. The first-order valence-corrected chi connectivity index (χ1v) is 11.4. The van der Waals surface area contributed by atoms with Crippen LogP contribution in [0.3, 0.4) is 0 Å². The van der Waals surface area contributed by atoms with E-state index < -0.39 is 29.5 Å². The first-order valence-electron chi connectivity index (χ1n) is 11.4. The second-order valence-electron chi connectivity index (χ2n) is 9.00. The number of hydrogen-bond donors (Lipinski definition) is 1. The third-order valence-corrected chi connectivity index (χ3v) is 6.62. The van der Waals surface area contributed by atoms with Crippen molar-refractivity contribution in [3.63, 3.8) is 0 Å². The van der Waals surface area contributed by atoms with Gasteiger partial charge in [-0.1, -0.05) is 6.07 Å². The van der Waals surface area contributed by atoms with E-state index in [1.165, 1.54) is 34.1 Å². The van der Waals surface area contributed by atoms with Crippen LogP contribution < -0.4 is 15.4 Å². The Morgan fingerprint density at radius 2 is 1.92 bits per heavy atom. The summed E-state index contributed by atoms with van der Waals surface area (Å²) in [6.45, 7) is -0.128. The smallest absolute Gasteiger partial charge is 0.416 e. The zero-order chi connectivity index (χ0) is 26.9. The number of aryl methyl sites for hydroxylation is 2. The van der Waals surface area contributed by atoms with E-state index in [1.807, 2.05) is 0 Å². The summed E-state index contributed by atoms with van der Waals surface area (Å²) in [6, 6.07) is 4.78. The molecular weight excluding hydrogens is 506 g/mol. The zero-order valence-electron chi connectivity index (χ0n) is 20.0. The van der Waals surface area contributed by atoms with Gasteiger partial charge in [-0.3, -0.25) is 19.1 Å². The minimum Gasteiger partial charge on any atom is -0.491 e. The largest absolute Gasteiger partial charge is 0.491 e. The summed E-state index contributed by atoms with van der Waals surface area (Å²) in [5.74, 6) is -1.39. The second-order valence-corrected chi connectivity index (χ2v) is 9.00. The molecule has 0 saturated heterocycles. The predicted molar refractivity (Wildman–Crippen MR) is 130 cm³/mol. The molecule has 4 heterocycles. The summed E-state index contributed by atoms with van der Waals surface area (Å²) < 4.78 is 63.8. The average molecular weight is 525 g/mol. The van der Waals surface area contributed by atoms with Gasteiger partial charge in [-0.2, -0.15) is 23.4 Å². The molecule has 0 fully saturated rings. The molecule has 3 aromatic heterocycles. The summed E-state index contributed by atoms with van der Waals surface area (Å²) in [5.41, 5.74) is 6.38. The fourth-order valence-corrected chi connectivity index (χ4v) is 4.83. The summed E-state index contributed by atoms with van der Waals surface area (Å²) >= 11 is 0. The number of alkyl halides is 3. The van der Waals surface area contributed by atoms with Crippen LogP contribution in [-0.4, -0.2) is 37.1 Å². The van der Waals surface area contributed by atoms with Crippen LogP contribution in [0.15, 0.2) is 48.9 Å². The number of nitrogens with zero attached hydrogens (tertiary/aromatic N) is 6. The number of carbonyl (C=O) groups is 1. The first kappa shape index (κ1) is 23.7. The fraction of sp³-hybridized carbons (Fsp3) is 0.200. The monoisotopic (exact) mass is 525 g/mol. The van der Waals surface area contributed by atoms with Crippen LogP contribution in [0.4, 0.5) is 29.1 Å². The lowest BCUT2D eigenvalue weighted by atomic mass is 10.0. The van der Waals surface area contributed by atoms with Crippen molar-refractivity contribution < 1.29 is 27.1 Å². The van der Waals surface area contributed by atoms with E-state index in [0.717, 1.165) is 18.2 Å². The molecule has 194 valence electrons. The van der Waals surface area contributed by atoms with Crippen molar-refractivity contribution in [3.8, 4) is 5.75 Å². The first-order chi connectivity index (χ1) is 18.0. The molecule has 0 aliphatic carbocycles. The van der Waals surface area contributed by atoms with E-state index in [2.05, 4.69) is 15.2 Å². The summed E-state index contributed by atoms with van der Waals surface area (Å²) in [7, 11) is 3.34.